The van der Waals surface area contributed by atoms with E-state index in [-0.39, 0.29) is 17.1 Å². The minimum atomic E-state index is -0.00383. The van der Waals surface area contributed by atoms with Crippen LogP contribution in [0.4, 0.5) is 0 Å². The number of guanidine groups is 1. The quantitative estimate of drug-likeness (QED) is 0.643. The lowest BCUT2D eigenvalue weighted by Gasteiger charge is -2.40. The van der Waals surface area contributed by atoms with E-state index < -0.39 is 0 Å². The minimum Gasteiger partial charge on any atom is -0.487 e. The standard InChI is InChI=1S/C21H31N3O2/c1-20(11-12-25-15-20)14-23-19(22-2)24-17-13-21(9-5-6-10-21)26-18-8-4-3-7-16(17)18/h3-4,7-8,17H,5-6,9-15H2,1-2H3,(H2,22,23,24). The number of rotatable bonds is 3. The number of fused-ring (bicyclic) bond motifs is 1. The van der Waals surface area contributed by atoms with Gasteiger partial charge in [-0.25, -0.2) is 0 Å². The molecule has 1 saturated heterocycles. The Morgan fingerprint density at radius 1 is 1.23 bits per heavy atom. The van der Waals surface area contributed by atoms with Gasteiger partial charge in [-0.15, -0.1) is 0 Å². The van der Waals surface area contributed by atoms with E-state index in [0.29, 0.717) is 0 Å². The summed E-state index contributed by atoms with van der Waals surface area (Å²) in [6.45, 7) is 4.83. The smallest absolute Gasteiger partial charge is 0.191 e. The van der Waals surface area contributed by atoms with E-state index in [9.17, 15) is 0 Å². The summed E-state index contributed by atoms with van der Waals surface area (Å²) in [5.41, 5.74) is 1.43. The first kappa shape index (κ1) is 17.7. The van der Waals surface area contributed by atoms with Gasteiger partial charge in [0.1, 0.15) is 11.4 Å². The third kappa shape index (κ3) is 3.54. The Kier molecular flexibility index (Phi) is 4.82. The van der Waals surface area contributed by atoms with Crippen LogP contribution >= 0.6 is 0 Å². The Balaban J connectivity index is 1.48. The van der Waals surface area contributed by atoms with Crippen LogP contribution in [0.25, 0.3) is 0 Å². The normalized spacial score (nSPS) is 30.1. The van der Waals surface area contributed by atoms with Crippen molar-refractivity contribution in [2.75, 3.05) is 26.8 Å². The monoisotopic (exact) mass is 357 g/mol. The Morgan fingerprint density at radius 2 is 2.04 bits per heavy atom. The molecular weight excluding hydrogens is 326 g/mol. The first-order valence-electron chi connectivity index (χ1n) is 9.94. The summed E-state index contributed by atoms with van der Waals surface area (Å²) in [5, 5.41) is 7.20. The Hall–Kier alpha value is -1.75. The molecule has 26 heavy (non-hydrogen) atoms. The number of aliphatic imine (C=N–C) groups is 1. The molecule has 3 aliphatic rings. The van der Waals surface area contributed by atoms with Crippen molar-refractivity contribution < 1.29 is 9.47 Å². The molecule has 5 nitrogen and oxygen atoms in total. The summed E-state index contributed by atoms with van der Waals surface area (Å²) >= 11 is 0. The van der Waals surface area contributed by atoms with Gasteiger partial charge < -0.3 is 20.1 Å². The topological polar surface area (TPSA) is 54.9 Å². The summed E-state index contributed by atoms with van der Waals surface area (Å²) in [5.74, 6) is 1.90. The molecule has 2 N–H and O–H groups in total. The molecule has 142 valence electrons. The molecule has 2 fully saturated rings. The molecule has 2 heterocycles. The Morgan fingerprint density at radius 3 is 2.77 bits per heavy atom. The number of benzene rings is 1. The van der Waals surface area contributed by atoms with Crippen LogP contribution in [0, 0.1) is 5.41 Å². The van der Waals surface area contributed by atoms with Gasteiger partial charge in [-0.2, -0.15) is 0 Å². The zero-order valence-corrected chi connectivity index (χ0v) is 16.0. The molecular formula is C21H31N3O2. The summed E-state index contributed by atoms with van der Waals surface area (Å²) < 4.78 is 12.0. The second-order valence-electron chi connectivity index (χ2n) is 8.47. The van der Waals surface area contributed by atoms with Crippen LogP contribution in [0.5, 0.6) is 5.75 Å². The third-order valence-corrected chi connectivity index (χ3v) is 6.23. The maximum Gasteiger partial charge on any atom is 0.191 e. The largest absolute Gasteiger partial charge is 0.487 e. The van der Waals surface area contributed by atoms with Crippen LogP contribution in [0.15, 0.2) is 29.3 Å². The predicted octanol–water partition coefficient (Wildman–Crippen LogP) is 3.41. The maximum atomic E-state index is 6.47. The molecule has 1 aliphatic carbocycles. The first-order valence-corrected chi connectivity index (χ1v) is 9.94. The molecule has 1 saturated carbocycles. The molecule has 2 unspecified atom stereocenters. The highest BCUT2D eigenvalue weighted by atomic mass is 16.5. The fourth-order valence-electron chi connectivity index (χ4n) is 4.58. The fraction of sp³-hybridized carbons (Fsp3) is 0.667. The van der Waals surface area contributed by atoms with Crippen LogP contribution < -0.4 is 15.4 Å². The average Bonchev–Trinajstić information content (AvgIpc) is 3.28. The van der Waals surface area contributed by atoms with Crippen molar-refractivity contribution in [2.45, 2.75) is 57.1 Å². The zero-order chi connectivity index (χ0) is 18.0. The van der Waals surface area contributed by atoms with E-state index >= 15 is 0 Å². The molecule has 0 radical (unpaired) electrons. The van der Waals surface area contributed by atoms with Crippen molar-refractivity contribution >= 4 is 5.96 Å². The molecule has 5 heteroatoms. The SMILES string of the molecule is CN=C(NCC1(C)CCOC1)NC1CC2(CCCC2)Oc2ccccc21. The lowest BCUT2D eigenvalue weighted by molar-refractivity contribution is 0.0395. The van der Waals surface area contributed by atoms with Gasteiger partial charge in [0.2, 0.25) is 0 Å². The van der Waals surface area contributed by atoms with E-state index in [4.69, 9.17) is 9.47 Å². The van der Waals surface area contributed by atoms with Crippen LogP contribution in [-0.2, 0) is 4.74 Å². The van der Waals surface area contributed by atoms with Gasteiger partial charge in [-0.1, -0.05) is 25.1 Å². The third-order valence-electron chi connectivity index (χ3n) is 6.23. The number of nitrogens with zero attached hydrogens (tertiary/aromatic N) is 1. The molecule has 2 atom stereocenters. The van der Waals surface area contributed by atoms with Crippen LogP contribution in [0.3, 0.4) is 0 Å². The van der Waals surface area contributed by atoms with Gasteiger partial charge >= 0.3 is 0 Å². The summed E-state index contributed by atoms with van der Waals surface area (Å²) in [6, 6.07) is 8.68. The second-order valence-corrected chi connectivity index (χ2v) is 8.47. The van der Waals surface area contributed by atoms with Crippen LogP contribution in [0.2, 0.25) is 0 Å². The van der Waals surface area contributed by atoms with E-state index in [0.717, 1.165) is 57.2 Å². The molecule has 0 amide bonds. The molecule has 1 aromatic rings. The number of hydrogen-bond acceptors (Lipinski definition) is 3. The van der Waals surface area contributed by atoms with Crippen molar-refractivity contribution in [1.29, 1.82) is 0 Å². The second kappa shape index (κ2) is 7.10. The van der Waals surface area contributed by atoms with Crippen LogP contribution in [0.1, 0.15) is 57.1 Å². The van der Waals surface area contributed by atoms with Crippen molar-refractivity contribution in [3.63, 3.8) is 0 Å². The lowest BCUT2D eigenvalue weighted by atomic mass is 9.86. The number of ether oxygens (including phenoxy) is 2. The first-order chi connectivity index (χ1) is 12.6. The molecule has 4 rings (SSSR count). The predicted molar refractivity (Wildman–Crippen MR) is 104 cm³/mol. The molecule has 0 bridgehead atoms. The maximum absolute atomic E-state index is 6.47. The van der Waals surface area contributed by atoms with Gasteiger partial charge in [-0.05, 0) is 38.2 Å². The Bertz CT molecular complexity index is 661. The van der Waals surface area contributed by atoms with Gasteiger partial charge in [0.05, 0.1) is 12.6 Å². The van der Waals surface area contributed by atoms with Crippen molar-refractivity contribution in [3.8, 4) is 5.75 Å². The molecule has 0 aromatic heterocycles. The molecule has 1 spiro atoms. The zero-order valence-electron chi connectivity index (χ0n) is 16.0. The molecule has 2 aliphatic heterocycles. The molecule has 1 aromatic carbocycles. The van der Waals surface area contributed by atoms with E-state index in [1.807, 2.05) is 7.05 Å². The van der Waals surface area contributed by atoms with Gasteiger partial charge in [0.15, 0.2) is 5.96 Å². The number of nitrogens with one attached hydrogen (secondary N) is 2. The van der Waals surface area contributed by atoms with Crippen molar-refractivity contribution in [2.24, 2.45) is 10.4 Å². The number of para-hydroxylation sites is 1. The van der Waals surface area contributed by atoms with E-state index in [1.165, 1.54) is 18.4 Å². The Labute approximate surface area is 156 Å². The highest BCUT2D eigenvalue weighted by Gasteiger charge is 2.43. The van der Waals surface area contributed by atoms with E-state index in [2.05, 4.69) is 46.8 Å². The van der Waals surface area contributed by atoms with Crippen molar-refractivity contribution in [3.05, 3.63) is 29.8 Å². The lowest BCUT2D eigenvalue weighted by Crippen LogP contribution is -2.48. The summed E-state index contributed by atoms with van der Waals surface area (Å²) in [6.07, 6.45) is 6.94. The van der Waals surface area contributed by atoms with Crippen molar-refractivity contribution in [1.82, 2.24) is 10.6 Å². The van der Waals surface area contributed by atoms with Gasteiger partial charge in [0.25, 0.3) is 0 Å². The highest BCUT2D eigenvalue weighted by Crippen LogP contribution is 2.46. The van der Waals surface area contributed by atoms with Crippen LogP contribution in [-0.4, -0.2) is 38.4 Å². The number of hydrogen-bond donors (Lipinski definition) is 2. The fourth-order valence-corrected chi connectivity index (χ4v) is 4.58. The average molecular weight is 357 g/mol. The van der Waals surface area contributed by atoms with Gasteiger partial charge in [-0.3, -0.25) is 4.99 Å². The summed E-state index contributed by atoms with van der Waals surface area (Å²) in [7, 11) is 1.85. The highest BCUT2D eigenvalue weighted by molar-refractivity contribution is 5.80. The minimum absolute atomic E-state index is 0.00383. The van der Waals surface area contributed by atoms with E-state index in [1.54, 1.807) is 0 Å². The summed E-state index contributed by atoms with van der Waals surface area (Å²) in [4.78, 5) is 4.47. The van der Waals surface area contributed by atoms with Gasteiger partial charge in [0, 0.05) is 37.6 Å².